The molecule has 0 aromatic carbocycles. The molecule has 0 aliphatic carbocycles. The van der Waals surface area contributed by atoms with Gasteiger partial charge < -0.3 is 0 Å². The van der Waals surface area contributed by atoms with Gasteiger partial charge in [-0.3, -0.25) is 4.90 Å². The highest BCUT2D eigenvalue weighted by Gasteiger charge is 2.30. The number of nitrogens with zero attached hydrogens (tertiary/aromatic N) is 3. The lowest BCUT2D eigenvalue weighted by atomic mass is 9.95. The number of nitriles is 1. The first-order chi connectivity index (χ1) is 9.67. The summed E-state index contributed by atoms with van der Waals surface area (Å²) in [5, 5.41) is 9.34. The van der Waals surface area contributed by atoms with Crippen LogP contribution in [0.2, 0.25) is 0 Å². The van der Waals surface area contributed by atoms with Crippen molar-refractivity contribution < 1.29 is 8.78 Å². The zero-order valence-electron chi connectivity index (χ0n) is 10.9. The van der Waals surface area contributed by atoms with Crippen molar-refractivity contribution in [2.45, 2.75) is 25.3 Å². The van der Waals surface area contributed by atoms with E-state index in [0.717, 1.165) is 24.2 Å². The lowest BCUT2D eigenvalue weighted by molar-refractivity contribution is 0.138. The smallest absolute Gasteiger partial charge is 0.281 e. The van der Waals surface area contributed by atoms with Gasteiger partial charge in [0.1, 0.15) is 11.7 Å². The molecule has 2 heterocycles. The Labute approximate surface area is 120 Å². The predicted molar refractivity (Wildman–Crippen MR) is 73.4 cm³/mol. The number of allylic oxidation sites excluding steroid dienone is 1. The molecule has 1 fully saturated rings. The Balaban J connectivity index is 2.12. The van der Waals surface area contributed by atoms with Gasteiger partial charge in [0.2, 0.25) is 0 Å². The third kappa shape index (κ3) is 3.13. The van der Waals surface area contributed by atoms with E-state index in [1.54, 1.807) is 0 Å². The van der Waals surface area contributed by atoms with Crippen molar-refractivity contribution in [2.24, 2.45) is 5.92 Å². The standard InChI is InChI=1S/C14H15F2N3S/c1-2-3-10-4-6-19(7-5-10)11(8-17)13-12(14(15)16)18-9-20-13/h3,9-11,14H,1,4-7H2. The monoisotopic (exact) mass is 295 g/mol. The molecule has 106 valence electrons. The minimum atomic E-state index is -2.63. The minimum Gasteiger partial charge on any atom is -0.284 e. The first-order valence-electron chi connectivity index (χ1n) is 6.38. The Bertz CT molecular complexity index is 535. The van der Waals surface area contributed by atoms with E-state index in [4.69, 9.17) is 0 Å². The van der Waals surface area contributed by atoms with Crippen molar-refractivity contribution in [1.29, 1.82) is 5.26 Å². The molecule has 1 aliphatic heterocycles. The largest absolute Gasteiger partial charge is 0.284 e. The van der Waals surface area contributed by atoms with Crippen LogP contribution in [0, 0.1) is 17.2 Å². The predicted octanol–water partition coefficient (Wildman–Crippen LogP) is 3.70. The van der Waals surface area contributed by atoms with Gasteiger partial charge in [-0.2, -0.15) is 5.26 Å². The molecule has 0 N–H and O–H groups in total. The van der Waals surface area contributed by atoms with Crippen LogP contribution in [0.5, 0.6) is 0 Å². The molecule has 0 radical (unpaired) electrons. The van der Waals surface area contributed by atoms with Crippen molar-refractivity contribution in [2.75, 3.05) is 13.1 Å². The summed E-state index contributed by atoms with van der Waals surface area (Å²) >= 11 is 1.13. The molecule has 1 atom stereocenters. The third-order valence-corrected chi connectivity index (χ3v) is 4.39. The van der Waals surface area contributed by atoms with Crippen molar-refractivity contribution >= 4 is 11.3 Å². The van der Waals surface area contributed by atoms with Gasteiger partial charge in [0.25, 0.3) is 6.43 Å². The number of alkyl halides is 2. The Morgan fingerprint density at radius 3 is 2.75 bits per heavy atom. The molecule has 0 bridgehead atoms. The van der Waals surface area contributed by atoms with Crippen molar-refractivity contribution in [1.82, 2.24) is 9.88 Å². The highest BCUT2D eigenvalue weighted by Crippen LogP contribution is 2.34. The van der Waals surface area contributed by atoms with E-state index in [-0.39, 0.29) is 5.69 Å². The van der Waals surface area contributed by atoms with Gasteiger partial charge >= 0.3 is 0 Å². The number of rotatable bonds is 4. The Morgan fingerprint density at radius 2 is 2.20 bits per heavy atom. The lowest BCUT2D eigenvalue weighted by Crippen LogP contribution is -2.35. The summed E-state index contributed by atoms with van der Waals surface area (Å²) in [5.41, 5.74) is 3.91. The van der Waals surface area contributed by atoms with Crippen LogP contribution in [-0.4, -0.2) is 23.0 Å². The second-order valence-electron chi connectivity index (χ2n) is 4.68. The van der Waals surface area contributed by atoms with E-state index in [0.29, 0.717) is 23.9 Å². The van der Waals surface area contributed by atoms with Crippen molar-refractivity contribution in [3.63, 3.8) is 0 Å². The van der Waals surface area contributed by atoms with E-state index in [1.165, 1.54) is 5.51 Å². The Morgan fingerprint density at radius 1 is 1.50 bits per heavy atom. The summed E-state index contributed by atoms with van der Waals surface area (Å²) in [7, 11) is 0. The van der Waals surface area contributed by atoms with Crippen LogP contribution in [0.1, 0.15) is 35.9 Å². The number of hydrogen-bond acceptors (Lipinski definition) is 4. The van der Waals surface area contributed by atoms with E-state index >= 15 is 0 Å². The third-order valence-electron chi connectivity index (χ3n) is 3.49. The summed E-state index contributed by atoms with van der Waals surface area (Å²) in [6, 6.07) is 1.52. The maximum Gasteiger partial charge on any atom is 0.281 e. The first-order valence-corrected chi connectivity index (χ1v) is 7.26. The molecular formula is C14H15F2N3S. The zero-order chi connectivity index (χ0) is 14.5. The van der Waals surface area contributed by atoms with Crippen LogP contribution in [0.4, 0.5) is 8.78 Å². The zero-order valence-corrected chi connectivity index (χ0v) is 11.7. The molecule has 1 aromatic heterocycles. The fraction of sp³-hybridized carbons (Fsp3) is 0.500. The van der Waals surface area contributed by atoms with Gasteiger partial charge in [0, 0.05) is 13.1 Å². The van der Waals surface area contributed by atoms with E-state index < -0.39 is 12.5 Å². The van der Waals surface area contributed by atoms with E-state index in [9.17, 15) is 14.0 Å². The molecule has 1 unspecified atom stereocenters. The second kappa shape index (κ2) is 6.76. The summed E-state index contributed by atoms with van der Waals surface area (Å²) in [4.78, 5) is 6.02. The van der Waals surface area contributed by atoms with Gasteiger partial charge in [-0.15, -0.1) is 17.1 Å². The maximum absolute atomic E-state index is 12.9. The van der Waals surface area contributed by atoms with Gasteiger partial charge in [-0.05, 0) is 24.8 Å². The summed E-state index contributed by atoms with van der Waals surface area (Å²) in [6.07, 6.45) is 1.09. The highest BCUT2D eigenvalue weighted by atomic mass is 32.1. The number of halogens is 2. The van der Waals surface area contributed by atoms with Gasteiger partial charge in [-0.25, -0.2) is 13.8 Å². The molecule has 20 heavy (non-hydrogen) atoms. The van der Waals surface area contributed by atoms with Crippen LogP contribution in [0.3, 0.4) is 0 Å². The number of thiazole rings is 1. The molecule has 1 aliphatic rings. The van der Waals surface area contributed by atoms with Crippen LogP contribution >= 0.6 is 11.3 Å². The molecule has 0 amide bonds. The topological polar surface area (TPSA) is 39.9 Å². The molecule has 6 heteroatoms. The molecule has 3 nitrogen and oxygen atoms in total. The number of likely N-dealkylation sites (tertiary alicyclic amines) is 1. The molecule has 1 aromatic rings. The minimum absolute atomic E-state index is 0.255. The van der Waals surface area contributed by atoms with Crippen molar-refractivity contribution in [3.05, 3.63) is 34.5 Å². The van der Waals surface area contributed by atoms with Crippen LogP contribution in [-0.2, 0) is 0 Å². The number of aromatic nitrogens is 1. The van der Waals surface area contributed by atoms with E-state index in [2.05, 4.69) is 23.4 Å². The van der Waals surface area contributed by atoms with Crippen LogP contribution in [0.15, 0.2) is 23.9 Å². The summed E-state index contributed by atoms with van der Waals surface area (Å²) in [5.74, 6) is 0.416. The number of hydrogen-bond donors (Lipinski definition) is 0. The first kappa shape index (κ1) is 14.9. The van der Waals surface area contributed by atoms with Gasteiger partial charge in [-0.1, -0.05) is 6.58 Å². The fourth-order valence-electron chi connectivity index (χ4n) is 2.45. The highest BCUT2D eigenvalue weighted by molar-refractivity contribution is 7.09. The van der Waals surface area contributed by atoms with Crippen molar-refractivity contribution in [3.8, 4) is 6.07 Å². The second-order valence-corrected chi connectivity index (χ2v) is 5.56. The van der Waals surface area contributed by atoms with Gasteiger partial charge in [0.05, 0.1) is 16.5 Å². The van der Waals surface area contributed by atoms with Crippen LogP contribution < -0.4 is 0 Å². The van der Waals surface area contributed by atoms with Crippen LogP contribution in [0.25, 0.3) is 0 Å². The average Bonchev–Trinajstić information content (AvgIpc) is 2.91. The Hall–Kier alpha value is -1.54. The molecule has 0 saturated carbocycles. The fourth-order valence-corrected chi connectivity index (χ4v) is 3.32. The normalized spacial score (nSPS) is 18.5. The SMILES string of the molecule is C=C=CC1CCN(C(C#N)c2scnc2C(F)F)CC1. The quantitative estimate of drug-likeness (QED) is 0.795. The maximum atomic E-state index is 12.9. The molecule has 1 saturated heterocycles. The van der Waals surface area contributed by atoms with Gasteiger partial charge in [0.15, 0.2) is 0 Å². The lowest BCUT2D eigenvalue weighted by Gasteiger charge is -2.33. The number of piperidine rings is 1. The average molecular weight is 295 g/mol. The molecule has 2 rings (SSSR count). The molecular weight excluding hydrogens is 280 g/mol. The summed E-state index contributed by atoms with van der Waals surface area (Å²) < 4.78 is 25.8. The molecule has 0 spiro atoms. The Kier molecular flexibility index (Phi) is 5.02. The van der Waals surface area contributed by atoms with E-state index in [1.807, 2.05) is 11.0 Å². The summed E-state index contributed by atoms with van der Waals surface area (Å²) in [6.45, 7) is 4.98.